The predicted octanol–water partition coefficient (Wildman–Crippen LogP) is 2.62. The van der Waals surface area contributed by atoms with Crippen molar-refractivity contribution >= 4 is 21.8 Å². The SMILES string of the molecule is CCC1OCCC1C(=O)NC1CCCCC1Br. The number of ether oxygens (including phenoxy) is 1. The zero-order chi connectivity index (χ0) is 12.3. The normalized spacial score (nSPS) is 38.0. The highest BCUT2D eigenvalue weighted by atomic mass is 79.9. The van der Waals surface area contributed by atoms with Crippen LogP contribution in [0.1, 0.15) is 45.4 Å². The second-order valence-corrected chi connectivity index (χ2v) is 6.30. The van der Waals surface area contributed by atoms with E-state index in [2.05, 4.69) is 28.2 Å². The van der Waals surface area contributed by atoms with Gasteiger partial charge in [0.1, 0.15) is 0 Å². The molecule has 0 bridgehead atoms. The van der Waals surface area contributed by atoms with E-state index >= 15 is 0 Å². The van der Waals surface area contributed by atoms with Crippen molar-refractivity contribution in [2.45, 2.75) is 62.4 Å². The van der Waals surface area contributed by atoms with Crippen LogP contribution in [-0.4, -0.2) is 29.5 Å². The Morgan fingerprint density at radius 1 is 1.35 bits per heavy atom. The first-order valence-electron chi connectivity index (χ1n) is 6.78. The van der Waals surface area contributed by atoms with Gasteiger partial charge in [-0.3, -0.25) is 4.79 Å². The van der Waals surface area contributed by atoms with Crippen LogP contribution < -0.4 is 5.32 Å². The van der Waals surface area contributed by atoms with E-state index < -0.39 is 0 Å². The largest absolute Gasteiger partial charge is 0.377 e. The van der Waals surface area contributed by atoms with E-state index in [0.717, 1.165) is 25.9 Å². The molecule has 0 spiro atoms. The van der Waals surface area contributed by atoms with Crippen LogP contribution in [0.3, 0.4) is 0 Å². The molecule has 1 heterocycles. The molecule has 1 saturated heterocycles. The molecule has 0 aromatic heterocycles. The number of carbonyl (C=O) groups is 1. The van der Waals surface area contributed by atoms with E-state index in [4.69, 9.17) is 4.74 Å². The van der Waals surface area contributed by atoms with Gasteiger partial charge in [-0.25, -0.2) is 0 Å². The first kappa shape index (κ1) is 13.3. The average Bonchev–Trinajstić information content (AvgIpc) is 2.80. The van der Waals surface area contributed by atoms with Gasteiger partial charge in [-0.2, -0.15) is 0 Å². The molecule has 17 heavy (non-hydrogen) atoms. The molecule has 4 unspecified atom stereocenters. The Kier molecular flexibility index (Phi) is 4.86. The minimum absolute atomic E-state index is 0.0710. The highest BCUT2D eigenvalue weighted by Gasteiger charge is 2.34. The first-order valence-corrected chi connectivity index (χ1v) is 7.70. The molecule has 2 aliphatic rings. The van der Waals surface area contributed by atoms with Crippen molar-refractivity contribution in [3.05, 3.63) is 0 Å². The minimum atomic E-state index is 0.0710. The van der Waals surface area contributed by atoms with Crippen molar-refractivity contribution in [1.29, 1.82) is 0 Å². The lowest BCUT2D eigenvalue weighted by Crippen LogP contribution is -2.46. The number of amides is 1. The summed E-state index contributed by atoms with van der Waals surface area (Å²) in [6.07, 6.45) is 6.71. The summed E-state index contributed by atoms with van der Waals surface area (Å²) in [4.78, 5) is 12.7. The molecule has 0 aromatic carbocycles. The molecule has 2 rings (SSSR count). The second-order valence-electron chi connectivity index (χ2n) is 5.13. The molecule has 3 nitrogen and oxygen atoms in total. The summed E-state index contributed by atoms with van der Waals surface area (Å²) in [7, 11) is 0. The topological polar surface area (TPSA) is 38.3 Å². The zero-order valence-electron chi connectivity index (χ0n) is 10.5. The Morgan fingerprint density at radius 3 is 2.82 bits per heavy atom. The minimum Gasteiger partial charge on any atom is -0.377 e. The van der Waals surface area contributed by atoms with Crippen LogP contribution in [0.5, 0.6) is 0 Å². The molecule has 98 valence electrons. The lowest BCUT2D eigenvalue weighted by Gasteiger charge is -2.29. The monoisotopic (exact) mass is 303 g/mol. The summed E-state index contributed by atoms with van der Waals surface area (Å²) in [5.41, 5.74) is 0. The van der Waals surface area contributed by atoms with Crippen molar-refractivity contribution in [3.63, 3.8) is 0 Å². The highest BCUT2D eigenvalue weighted by molar-refractivity contribution is 9.09. The molecule has 4 heteroatoms. The van der Waals surface area contributed by atoms with Gasteiger partial charge in [-0.1, -0.05) is 35.7 Å². The summed E-state index contributed by atoms with van der Waals surface area (Å²) in [5.74, 6) is 0.271. The Bertz CT molecular complexity index is 272. The third-order valence-electron chi connectivity index (χ3n) is 3.96. The number of carbonyl (C=O) groups excluding carboxylic acids is 1. The van der Waals surface area contributed by atoms with Gasteiger partial charge in [-0.15, -0.1) is 0 Å². The van der Waals surface area contributed by atoms with Crippen LogP contribution in [0.2, 0.25) is 0 Å². The van der Waals surface area contributed by atoms with Crippen LogP contribution in [0.4, 0.5) is 0 Å². The van der Waals surface area contributed by atoms with Crippen molar-refractivity contribution in [2.24, 2.45) is 5.92 Å². The van der Waals surface area contributed by atoms with Gasteiger partial charge in [0.25, 0.3) is 0 Å². The van der Waals surface area contributed by atoms with Gasteiger partial charge in [0.2, 0.25) is 5.91 Å². The third kappa shape index (κ3) is 3.22. The van der Waals surface area contributed by atoms with Crippen molar-refractivity contribution < 1.29 is 9.53 Å². The average molecular weight is 304 g/mol. The van der Waals surface area contributed by atoms with Crippen LogP contribution in [-0.2, 0) is 9.53 Å². The Morgan fingerprint density at radius 2 is 2.12 bits per heavy atom. The molecule has 0 aromatic rings. The number of hydrogen-bond acceptors (Lipinski definition) is 2. The summed E-state index contributed by atoms with van der Waals surface area (Å²) in [5, 5.41) is 3.21. The van der Waals surface area contributed by atoms with Gasteiger partial charge in [-0.05, 0) is 25.7 Å². The lowest BCUT2D eigenvalue weighted by atomic mass is 9.93. The fraction of sp³-hybridized carbons (Fsp3) is 0.923. The fourth-order valence-electron chi connectivity index (χ4n) is 2.89. The number of nitrogens with one attached hydrogen (secondary N) is 1. The van der Waals surface area contributed by atoms with Gasteiger partial charge in [0, 0.05) is 17.5 Å². The number of hydrogen-bond donors (Lipinski definition) is 1. The molecular weight excluding hydrogens is 282 g/mol. The summed E-state index contributed by atoms with van der Waals surface area (Å²) in [6.45, 7) is 2.82. The van der Waals surface area contributed by atoms with Gasteiger partial charge >= 0.3 is 0 Å². The second kappa shape index (κ2) is 6.19. The molecule has 2 fully saturated rings. The van der Waals surface area contributed by atoms with Crippen molar-refractivity contribution in [1.82, 2.24) is 5.32 Å². The predicted molar refractivity (Wildman–Crippen MR) is 71.3 cm³/mol. The third-order valence-corrected chi connectivity index (χ3v) is 5.05. The standard InChI is InChI=1S/C13H22BrNO2/c1-2-12-9(7-8-17-12)13(16)15-11-6-4-3-5-10(11)14/h9-12H,2-8H2,1H3,(H,15,16). The van der Waals surface area contributed by atoms with E-state index in [1.807, 2.05) is 0 Å². The number of rotatable bonds is 3. The maximum Gasteiger partial charge on any atom is 0.226 e. The van der Waals surface area contributed by atoms with E-state index in [9.17, 15) is 4.79 Å². The molecule has 1 N–H and O–H groups in total. The maximum atomic E-state index is 12.2. The Labute approximate surface area is 112 Å². The zero-order valence-corrected chi connectivity index (χ0v) is 12.0. The van der Waals surface area contributed by atoms with Gasteiger partial charge in [0.05, 0.1) is 12.0 Å². The molecule has 4 atom stereocenters. The first-order chi connectivity index (χ1) is 8.22. The molecular formula is C13H22BrNO2. The lowest BCUT2D eigenvalue weighted by molar-refractivity contribution is -0.127. The van der Waals surface area contributed by atoms with Gasteiger partial charge in [0.15, 0.2) is 0 Å². The molecule has 0 radical (unpaired) electrons. The van der Waals surface area contributed by atoms with E-state index in [0.29, 0.717) is 10.9 Å². The van der Waals surface area contributed by atoms with E-state index in [1.165, 1.54) is 19.3 Å². The van der Waals surface area contributed by atoms with Crippen molar-refractivity contribution in [3.8, 4) is 0 Å². The van der Waals surface area contributed by atoms with Crippen LogP contribution >= 0.6 is 15.9 Å². The quantitative estimate of drug-likeness (QED) is 0.814. The Hall–Kier alpha value is -0.0900. The molecule has 1 aliphatic heterocycles. The fourth-order valence-corrected chi connectivity index (χ4v) is 3.61. The summed E-state index contributed by atoms with van der Waals surface area (Å²) in [6, 6.07) is 0.314. The summed E-state index contributed by atoms with van der Waals surface area (Å²) < 4.78 is 5.58. The van der Waals surface area contributed by atoms with Crippen LogP contribution in [0.25, 0.3) is 0 Å². The summed E-state index contributed by atoms with van der Waals surface area (Å²) >= 11 is 3.68. The highest BCUT2D eigenvalue weighted by Crippen LogP contribution is 2.27. The Balaban J connectivity index is 1.87. The van der Waals surface area contributed by atoms with E-state index in [-0.39, 0.29) is 17.9 Å². The number of halogens is 1. The maximum absolute atomic E-state index is 12.2. The van der Waals surface area contributed by atoms with Gasteiger partial charge < -0.3 is 10.1 Å². The van der Waals surface area contributed by atoms with E-state index in [1.54, 1.807) is 0 Å². The molecule has 1 saturated carbocycles. The molecule has 1 aliphatic carbocycles. The number of alkyl halides is 1. The van der Waals surface area contributed by atoms with Crippen LogP contribution in [0, 0.1) is 5.92 Å². The van der Waals surface area contributed by atoms with Crippen molar-refractivity contribution in [2.75, 3.05) is 6.61 Å². The smallest absolute Gasteiger partial charge is 0.226 e. The van der Waals surface area contributed by atoms with Crippen LogP contribution in [0.15, 0.2) is 0 Å². The molecule has 1 amide bonds.